The summed E-state index contributed by atoms with van der Waals surface area (Å²) in [5.41, 5.74) is 2.43. The van der Waals surface area contributed by atoms with Gasteiger partial charge in [-0.25, -0.2) is 4.79 Å². The average Bonchev–Trinajstić information content (AvgIpc) is 1.89. The molecular formula is C5H12N2O2. The van der Waals surface area contributed by atoms with E-state index in [-0.39, 0.29) is 0 Å². The van der Waals surface area contributed by atoms with Crippen molar-refractivity contribution in [3.05, 3.63) is 12.7 Å². The van der Waals surface area contributed by atoms with Gasteiger partial charge in [-0.2, -0.15) is 0 Å². The Morgan fingerprint density at radius 3 is 2.22 bits per heavy atom. The van der Waals surface area contributed by atoms with Crippen molar-refractivity contribution in [2.24, 2.45) is 5.84 Å². The number of carbonyl (C=O) groups is 1. The number of hydrogen-bond donors (Lipinski definition) is 3. The number of nitrogens with one attached hydrogen (secondary N) is 1. The minimum Gasteiger partial charge on any atom is -0.478 e. The lowest BCUT2D eigenvalue weighted by Gasteiger charge is -1.77. The summed E-state index contributed by atoms with van der Waals surface area (Å²) in [6.45, 7) is 5.75. The molecule has 0 amide bonds. The number of hydrazine groups is 1. The van der Waals surface area contributed by atoms with Crippen LogP contribution in [0.3, 0.4) is 0 Å². The quantitative estimate of drug-likeness (QED) is 0.274. The third kappa shape index (κ3) is 41.4. The molecule has 0 spiro atoms. The minimum absolute atomic E-state index is 0.833. The molecule has 0 fully saturated rings. The Morgan fingerprint density at radius 1 is 2.00 bits per heavy atom. The maximum Gasteiger partial charge on any atom is 0.327 e. The molecule has 0 bridgehead atoms. The maximum atomic E-state index is 9.25. The zero-order valence-electron chi connectivity index (χ0n) is 5.42. The van der Waals surface area contributed by atoms with Gasteiger partial charge >= 0.3 is 5.97 Å². The molecule has 54 valence electrons. The summed E-state index contributed by atoms with van der Waals surface area (Å²) in [4.78, 5) is 9.25. The molecule has 0 aromatic carbocycles. The SMILES string of the molecule is C=CC(=O)O.CCNN. The number of rotatable bonds is 2. The largest absolute Gasteiger partial charge is 0.478 e. The third-order valence-electron chi connectivity index (χ3n) is 0.379. The normalized spacial score (nSPS) is 6.89. The lowest BCUT2D eigenvalue weighted by molar-refractivity contribution is -0.131. The molecule has 0 aliphatic carbocycles. The van der Waals surface area contributed by atoms with E-state index in [0.717, 1.165) is 12.6 Å². The molecule has 4 heteroatoms. The first-order chi connectivity index (χ1) is 4.18. The van der Waals surface area contributed by atoms with E-state index in [4.69, 9.17) is 10.9 Å². The van der Waals surface area contributed by atoms with Gasteiger partial charge in [-0.3, -0.25) is 11.3 Å². The first kappa shape index (κ1) is 11.0. The van der Waals surface area contributed by atoms with Crippen LogP contribution in [0.1, 0.15) is 6.92 Å². The van der Waals surface area contributed by atoms with E-state index < -0.39 is 5.97 Å². The fourth-order valence-electron chi connectivity index (χ4n) is 0. The predicted octanol–water partition coefficient (Wildman–Crippen LogP) is -0.273. The van der Waals surface area contributed by atoms with Crippen LogP contribution >= 0.6 is 0 Å². The van der Waals surface area contributed by atoms with Crippen LogP contribution in [0, 0.1) is 0 Å². The van der Waals surface area contributed by atoms with Crippen LogP contribution in [0.15, 0.2) is 12.7 Å². The molecule has 0 aromatic rings. The van der Waals surface area contributed by atoms with E-state index in [0.29, 0.717) is 0 Å². The summed E-state index contributed by atoms with van der Waals surface area (Å²) in [5.74, 6) is 3.80. The number of carboxylic acid groups (broad SMARTS) is 1. The van der Waals surface area contributed by atoms with E-state index >= 15 is 0 Å². The second kappa shape index (κ2) is 10.2. The Bertz CT molecular complexity index is 81.0. The third-order valence-corrected chi connectivity index (χ3v) is 0.379. The maximum absolute atomic E-state index is 9.25. The summed E-state index contributed by atoms with van der Waals surface area (Å²) in [7, 11) is 0. The summed E-state index contributed by atoms with van der Waals surface area (Å²) < 4.78 is 0. The Morgan fingerprint density at radius 2 is 2.22 bits per heavy atom. The standard InChI is InChI=1S/C3H4O2.C2H8N2/c1-2-3(4)5;1-2-4-3/h2H,1H2,(H,4,5);4H,2-3H2,1H3. The van der Waals surface area contributed by atoms with Gasteiger partial charge in [0.1, 0.15) is 0 Å². The van der Waals surface area contributed by atoms with Crippen molar-refractivity contribution in [3.8, 4) is 0 Å². The molecule has 0 atom stereocenters. The van der Waals surface area contributed by atoms with Crippen LogP contribution < -0.4 is 11.3 Å². The molecule has 0 rings (SSSR count). The fourth-order valence-corrected chi connectivity index (χ4v) is 0. The second-order valence-electron chi connectivity index (χ2n) is 1.10. The molecule has 0 aliphatic rings. The number of nitrogens with two attached hydrogens (primary N) is 1. The van der Waals surface area contributed by atoms with Gasteiger partial charge in [0, 0.05) is 12.6 Å². The van der Waals surface area contributed by atoms with Crippen molar-refractivity contribution >= 4 is 5.97 Å². The molecule has 0 saturated heterocycles. The molecular weight excluding hydrogens is 120 g/mol. The molecule has 0 saturated carbocycles. The van der Waals surface area contributed by atoms with Gasteiger partial charge in [0.25, 0.3) is 0 Å². The molecule has 0 radical (unpaired) electrons. The van der Waals surface area contributed by atoms with E-state index in [1.165, 1.54) is 0 Å². The van der Waals surface area contributed by atoms with E-state index in [1.54, 1.807) is 0 Å². The van der Waals surface area contributed by atoms with Gasteiger partial charge in [0.05, 0.1) is 0 Å². The topological polar surface area (TPSA) is 75.3 Å². The van der Waals surface area contributed by atoms with Gasteiger partial charge < -0.3 is 5.11 Å². The lowest BCUT2D eigenvalue weighted by atomic mass is 10.7. The Labute approximate surface area is 54.3 Å². The highest BCUT2D eigenvalue weighted by Crippen LogP contribution is 1.54. The molecule has 9 heavy (non-hydrogen) atoms. The molecule has 4 nitrogen and oxygen atoms in total. The Hall–Kier alpha value is -0.870. The van der Waals surface area contributed by atoms with Gasteiger partial charge in [0.15, 0.2) is 0 Å². The number of aliphatic carboxylic acids is 1. The predicted molar refractivity (Wildman–Crippen MR) is 35.7 cm³/mol. The lowest BCUT2D eigenvalue weighted by Crippen LogP contribution is -2.20. The van der Waals surface area contributed by atoms with E-state index in [9.17, 15) is 4.79 Å². The highest BCUT2D eigenvalue weighted by molar-refractivity contribution is 5.78. The van der Waals surface area contributed by atoms with Crippen molar-refractivity contribution in [1.29, 1.82) is 0 Å². The summed E-state index contributed by atoms with van der Waals surface area (Å²) >= 11 is 0. The first-order valence-electron chi connectivity index (χ1n) is 2.47. The van der Waals surface area contributed by atoms with Gasteiger partial charge in [0.2, 0.25) is 0 Å². The van der Waals surface area contributed by atoms with Crippen molar-refractivity contribution in [2.45, 2.75) is 6.92 Å². The molecule has 4 N–H and O–H groups in total. The smallest absolute Gasteiger partial charge is 0.327 e. The van der Waals surface area contributed by atoms with Crippen molar-refractivity contribution in [1.82, 2.24) is 5.43 Å². The summed E-state index contributed by atoms with van der Waals surface area (Å²) in [5, 5.41) is 7.60. The van der Waals surface area contributed by atoms with Crippen molar-refractivity contribution < 1.29 is 9.90 Å². The van der Waals surface area contributed by atoms with Crippen LogP contribution in [-0.4, -0.2) is 17.6 Å². The van der Waals surface area contributed by atoms with Crippen LogP contribution in [0.4, 0.5) is 0 Å². The van der Waals surface area contributed by atoms with E-state index in [1.807, 2.05) is 6.92 Å². The molecule has 0 aromatic heterocycles. The van der Waals surface area contributed by atoms with E-state index in [2.05, 4.69) is 12.0 Å². The Kier molecular flexibility index (Phi) is 12.4. The first-order valence-corrected chi connectivity index (χ1v) is 2.47. The fraction of sp³-hybridized carbons (Fsp3) is 0.400. The Balaban J connectivity index is 0. The van der Waals surface area contributed by atoms with Crippen LogP contribution in [0.5, 0.6) is 0 Å². The minimum atomic E-state index is -0.981. The van der Waals surface area contributed by atoms with Crippen LogP contribution in [0.25, 0.3) is 0 Å². The van der Waals surface area contributed by atoms with Crippen molar-refractivity contribution in [3.63, 3.8) is 0 Å². The highest BCUT2D eigenvalue weighted by Gasteiger charge is 1.73. The van der Waals surface area contributed by atoms with Gasteiger partial charge in [-0.1, -0.05) is 13.5 Å². The number of hydrogen-bond acceptors (Lipinski definition) is 3. The highest BCUT2D eigenvalue weighted by atomic mass is 16.4. The monoisotopic (exact) mass is 132 g/mol. The van der Waals surface area contributed by atoms with Gasteiger partial charge in [-0.05, 0) is 0 Å². The number of carboxylic acids is 1. The van der Waals surface area contributed by atoms with Gasteiger partial charge in [-0.15, -0.1) is 0 Å². The molecule has 0 heterocycles. The summed E-state index contributed by atoms with van der Waals surface area (Å²) in [6.07, 6.45) is 0.833. The van der Waals surface area contributed by atoms with Crippen LogP contribution in [0.2, 0.25) is 0 Å². The average molecular weight is 132 g/mol. The second-order valence-corrected chi connectivity index (χ2v) is 1.10. The molecule has 0 unspecified atom stereocenters. The summed E-state index contributed by atoms with van der Waals surface area (Å²) in [6, 6.07) is 0. The zero-order valence-corrected chi connectivity index (χ0v) is 5.42. The zero-order chi connectivity index (χ0) is 7.70. The van der Waals surface area contributed by atoms with Crippen molar-refractivity contribution in [2.75, 3.05) is 6.54 Å². The van der Waals surface area contributed by atoms with Crippen LogP contribution in [-0.2, 0) is 4.79 Å². The molecule has 0 aliphatic heterocycles.